The van der Waals surface area contributed by atoms with Crippen LogP contribution in [0, 0.1) is 6.92 Å². The zero-order valence-corrected chi connectivity index (χ0v) is 9.28. The highest BCUT2D eigenvalue weighted by Crippen LogP contribution is 2.18. The summed E-state index contributed by atoms with van der Waals surface area (Å²) in [6, 6.07) is 7.81. The second-order valence-electron chi connectivity index (χ2n) is 2.98. The largest absolute Gasteiger partial charge is 0.291 e. The fourth-order valence-corrected chi connectivity index (χ4v) is 1.37. The van der Waals surface area contributed by atoms with E-state index >= 15 is 0 Å². The van der Waals surface area contributed by atoms with Crippen LogP contribution in [0.4, 0.5) is 5.69 Å². The molecule has 0 aliphatic heterocycles. The molecule has 1 heterocycles. The van der Waals surface area contributed by atoms with Crippen molar-refractivity contribution in [3.8, 4) is 0 Å². The molecule has 0 aliphatic rings. The van der Waals surface area contributed by atoms with E-state index in [0.717, 1.165) is 16.5 Å². The number of rotatable bonds is 1. The summed E-state index contributed by atoms with van der Waals surface area (Å²) in [6.45, 7) is 6.02. The average Bonchev–Trinajstić information content (AvgIpc) is 2.31. The number of para-hydroxylation sites is 1. The van der Waals surface area contributed by atoms with Crippen molar-refractivity contribution in [2.24, 2.45) is 0 Å². The normalized spacial score (nSPS) is 9.33. The minimum Gasteiger partial charge on any atom is -0.291 e. The number of benzene rings is 1. The first-order valence-corrected chi connectivity index (χ1v) is 5.07. The van der Waals surface area contributed by atoms with E-state index in [1.54, 1.807) is 6.20 Å². The van der Waals surface area contributed by atoms with Crippen molar-refractivity contribution in [3.63, 3.8) is 0 Å². The average molecular weight is 204 g/mol. The molecular weight excluding hydrogens is 188 g/mol. The minimum absolute atomic E-state index is 0.609. The summed E-state index contributed by atoms with van der Waals surface area (Å²) < 4.78 is 0. The number of aromatic nitrogens is 1. The number of hydrogen-bond donors (Lipinski definition) is 2. The predicted octanol–water partition coefficient (Wildman–Crippen LogP) is 3.37. The van der Waals surface area contributed by atoms with Gasteiger partial charge in [0, 0.05) is 5.39 Å². The van der Waals surface area contributed by atoms with Gasteiger partial charge in [0.25, 0.3) is 0 Å². The van der Waals surface area contributed by atoms with Crippen LogP contribution in [0.1, 0.15) is 19.4 Å². The third-order valence-corrected chi connectivity index (χ3v) is 2.04. The first kappa shape index (κ1) is 11.5. The lowest BCUT2D eigenvalue weighted by Gasteiger charge is -2.02. The quantitative estimate of drug-likeness (QED) is 0.700. The third-order valence-electron chi connectivity index (χ3n) is 2.04. The number of aryl methyl sites for hydroxylation is 1. The van der Waals surface area contributed by atoms with Gasteiger partial charge in [-0.1, -0.05) is 32.0 Å². The molecule has 0 bridgehead atoms. The first-order chi connectivity index (χ1) is 7.31. The molecule has 0 fully saturated rings. The van der Waals surface area contributed by atoms with Crippen LogP contribution < -0.4 is 5.48 Å². The summed E-state index contributed by atoms with van der Waals surface area (Å²) in [5.41, 5.74) is 4.80. The van der Waals surface area contributed by atoms with Gasteiger partial charge in [0.2, 0.25) is 0 Å². The zero-order valence-electron chi connectivity index (χ0n) is 9.28. The number of hydrogen-bond acceptors (Lipinski definition) is 3. The van der Waals surface area contributed by atoms with Crippen LogP contribution in [0.15, 0.2) is 30.5 Å². The topological polar surface area (TPSA) is 45.1 Å². The van der Waals surface area contributed by atoms with Gasteiger partial charge in [-0.15, -0.1) is 0 Å². The fraction of sp³-hybridized carbons (Fsp3) is 0.250. The van der Waals surface area contributed by atoms with Gasteiger partial charge < -0.3 is 0 Å². The van der Waals surface area contributed by atoms with Crippen LogP contribution in [0.3, 0.4) is 0 Å². The maximum atomic E-state index is 8.68. The number of nitrogens with one attached hydrogen (secondary N) is 1. The van der Waals surface area contributed by atoms with Crippen LogP contribution in [-0.4, -0.2) is 10.2 Å². The molecule has 3 heteroatoms. The van der Waals surface area contributed by atoms with Gasteiger partial charge >= 0.3 is 0 Å². The molecule has 0 radical (unpaired) electrons. The SMILES string of the molecule is CC.Cc1cccc2cc(NO)cnc12. The second-order valence-corrected chi connectivity index (χ2v) is 2.98. The maximum absolute atomic E-state index is 8.68. The molecule has 0 atom stereocenters. The van der Waals surface area contributed by atoms with Crippen LogP contribution in [0.5, 0.6) is 0 Å². The highest BCUT2D eigenvalue weighted by Gasteiger charge is 1.98. The number of pyridine rings is 1. The van der Waals surface area contributed by atoms with Gasteiger partial charge in [-0.2, -0.15) is 0 Å². The lowest BCUT2D eigenvalue weighted by atomic mass is 10.1. The van der Waals surface area contributed by atoms with E-state index in [2.05, 4.69) is 10.5 Å². The minimum atomic E-state index is 0.609. The summed E-state index contributed by atoms with van der Waals surface area (Å²) >= 11 is 0. The van der Waals surface area contributed by atoms with Crippen molar-refractivity contribution in [2.45, 2.75) is 20.8 Å². The fourth-order valence-electron chi connectivity index (χ4n) is 1.37. The second kappa shape index (κ2) is 5.32. The Kier molecular flexibility index (Phi) is 4.06. The lowest BCUT2D eigenvalue weighted by molar-refractivity contribution is 0.389. The summed E-state index contributed by atoms with van der Waals surface area (Å²) in [4.78, 5) is 4.23. The molecule has 0 unspecified atom stereocenters. The van der Waals surface area contributed by atoms with E-state index in [1.807, 2.05) is 45.0 Å². The molecule has 0 aliphatic carbocycles. The molecule has 2 N–H and O–H groups in total. The van der Waals surface area contributed by atoms with Gasteiger partial charge in [0.1, 0.15) is 0 Å². The summed E-state index contributed by atoms with van der Waals surface area (Å²) in [7, 11) is 0. The van der Waals surface area contributed by atoms with E-state index < -0.39 is 0 Å². The summed E-state index contributed by atoms with van der Waals surface area (Å²) in [6.07, 6.45) is 1.61. The molecule has 1 aromatic carbocycles. The first-order valence-electron chi connectivity index (χ1n) is 5.07. The Morgan fingerprint density at radius 3 is 2.67 bits per heavy atom. The predicted molar refractivity (Wildman–Crippen MR) is 63.2 cm³/mol. The summed E-state index contributed by atoms with van der Waals surface area (Å²) in [5.74, 6) is 0. The third kappa shape index (κ3) is 2.44. The van der Waals surface area contributed by atoms with Gasteiger partial charge in [-0.05, 0) is 18.6 Å². The molecule has 0 saturated heterocycles. The van der Waals surface area contributed by atoms with Gasteiger partial charge in [0.05, 0.1) is 17.4 Å². The molecule has 0 spiro atoms. The van der Waals surface area contributed by atoms with E-state index in [9.17, 15) is 0 Å². The number of anilines is 1. The smallest absolute Gasteiger partial charge is 0.0791 e. The van der Waals surface area contributed by atoms with Gasteiger partial charge in [0.15, 0.2) is 0 Å². The highest BCUT2D eigenvalue weighted by atomic mass is 16.5. The Bertz CT molecular complexity index is 441. The standard InChI is InChI=1S/C10H10N2O.C2H6/c1-7-3-2-4-8-5-9(12-13)6-11-10(7)8;1-2/h2-6,12-13H,1H3;1-2H3. The van der Waals surface area contributed by atoms with E-state index in [0.29, 0.717) is 5.69 Å². The van der Waals surface area contributed by atoms with Crippen molar-refractivity contribution in [1.29, 1.82) is 0 Å². The van der Waals surface area contributed by atoms with Crippen molar-refractivity contribution in [3.05, 3.63) is 36.0 Å². The van der Waals surface area contributed by atoms with E-state index in [1.165, 1.54) is 0 Å². The molecule has 2 rings (SSSR count). The van der Waals surface area contributed by atoms with Crippen molar-refractivity contribution in [1.82, 2.24) is 4.98 Å². The molecule has 2 aromatic rings. The van der Waals surface area contributed by atoms with Crippen molar-refractivity contribution >= 4 is 16.6 Å². The summed E-state index contributed by atoms with van der Waals surface area (Å²) in [5, 5.41) is 9.70. The highest BCUT2D eigenvalue weighted by molar-refractivity contribution is 5.84. The Labute approximate surface area is 89.7 Å². The van der Waals surface area contributed by atoms with E-state index in [-0.39, 0.29) is 0 Å². The molecule has 80 valence electrons. The molecule has 3 nitrogen and oxygen atoms in total. The Morgan fingerprint density at radius 2 is 2.00 bits per heavy atom. The molecule has 1 aromatic heterocycles. The van der Waals surface area contributed by atoms with Crippen LogP contribution >= 0.6 is 0 Å². The number of nitrogens with zero attached hydrogens (tertiary/aromatic N) is 1. The van der Waals surface area contributed by atoms with E-state index in [4.69, 9.17) is 5.21 Å². The Morgan fingerprint density at radius 1 is 1.27 bits per heavy atom. The van der Waals surface area contributed by atoms with Crippen LogP contribution in [-0.2, 0) is 0 Å². The number of fused-ring (bicyclic) bond motifs is 1. The maximum Gasteiger partial charge on any atom is 0.0791 e. The lowest BCUT2D eigenvalue weighted by Crippen LogP contribution is -1.91. The molecular formula is C12H16N2O. The van der Waals surface area contributed by atoms with Gasteiger partial charge in [-0.25, -0.2) is 0 Å². The molecule has 0 saturated carbocycles. The van der Waals surface area contributed by atoms with Crippen molar-refractivity contribution < 1.29 is 5.21 Å². The van der Waals surface area contributed by atoms with Crippen LogP contribution in [0.2, 0.25) is 0 Å². The van der Waals surface area contributed by atoms with Gasteiger partial charge in [-0.3, -0.25) is 15.7 Å². The molecule has 15 heavy (non-hydrogen) atoms. The Hall–Kier alpha value is -1.61. The van der Waals surface area contributed by atoms with Crippen LogP contribution in [0.25, 0.3) is 10.9 Å². The zero-order chi connectivity index (χ0) is 11.3. The monoisotopic (exact) mass is 204 g/mol. The van der Waals surface area contributed by atoms with Crippen molar-refractivity contribution in [2.75, 3.05) is 5.48 Å². The Balaban J connectivity index is 0.000000531. The molecule has 0 amide bonds.